The molecule has 1 fully saturated rings. The van der Waals surface area contributed by atoms with Crippen molar-refractivity contribution in [3.8, 4) is 0 Å². The number of hydrogen-bond donors (Lipinski definition) is 1. The Balaban J connectivity index is 2.44. The van der Waals surface area contributed by atoms with Gasteiger partial charge in [-0.1, -0.05) is 40.0 Å². The first-order chi connectivity index (χ1) is 10.1. The lowest BCUT2D eigenvalue weighted by molar-refractivity contribution is -0.137. The van der Waals surface area contributed by atoms with E-state index in [0.717, 1.165) is 38.3 Å². The molecule has 1 saturated carbocycles. The fourth-order valence-corrected chi connectivity index (χ4v) is 3.46. The highest BCUT2D eigenvalue weighted by molar-refractivity contribution is 5.78. The van der Waals surface area contributed by atoms with E-state index in [9.17, 15) is 4.79 Å². The molecule has 1 aliphatic carbocycles. The molecule has 0 aromatic heterocycles. The molecule has 1 aliphatic rings. The molecule has 0 aliphatic heterocycles. The van der Waals surface area contributed by atoms with Crippen LogP contribution in [0.25, 0.3) is 0 Å². The van der Waals surface area contributed by atoms with Gasteiger partial charge in [-0.2, -0.15) is 0 Å². The molecule has 21 heavy (non-hydrogen) atoms. The van der Waals surface area contributed by atoms with Crippen molar-refractivity contribution in [2.75, 3.05) is 19.6 Å². The SMILES string of the molecule is CCCCC1CCC(C(=O)N(CCCN)CC(C)C)CC1. The lowest BCUT2D eigenvalue weighted by Crippen LogP contribution is -2.41. The van der Waals surface area contributed by atoms with Crippen LogP contribution in [0.3, 0.4) is 0 Å². The molecule has 0 spiro atoms. The summed E-state index contributed by atoms with van der Waals surface area (Å²) >= 11 is 0. The Hall–Kier alpha value is -0.570. The Morgan fingerprint density at radius 1 is 1.19 bits per heavy atom. The van der Waals surface area contributed by atoms with Crippen LogP contribution in [0, 0.1) is 17.8 Å². The molecule has 0 aromatic carbocycles. The summed E-state index contributed by atoms with van der Waals surface area (Å²) in [5, 5.41) is 0. The molecule has 3 nitrogen and oxygen atoms in total. The zero-order chi connectivity index (χ0) is 15.7. The van der Waals surface area contributed by atoms with Crippen molar-refractivity contribution in [1.29, 1.82) is 0 Å². The standard InChI is InChI=1S/C18H36N2O/c1-4-5-7-16-8-10-17(11-9-16)18(21)20(13-6-12-19)14-15(2)3/h15-17H,4-14,19H2,1-3H3. The van der Waals surface area contributed by atoms with Crippen LogP contribution in [0.5, 0.6) is 0 Å². The van der Waals surface area contributed by atoms with Crippen LogP contribution in [0.4, 0.5) is 0 Å². The Labute approximate surface area is 131 Å². The Morgan fingerprint density at radius 3 is 2.38 bits per heavy atom. The van der Waals surface area contributed by atoms with Gasteiger partial charge in [0.1, 0.15) is 0 Å². The van der Waals surface area contributed by atoms with Gasteiger partial charge in [-0.15, -0.1) is 0 Å². The van der Waals surface area contributed by atoms with Crippen molar-refractivity contribution < 1.29 is 4.79 Å². The zero-order valence-corrected chi connectivity index (χ0v) is 14.4. The maximum Gasteiger partial charge on any atom is 0.225 e. The third-order valence-electron chi connectivity index (χ3n) is 4.69. The minimum atomic E-state index is 0.277. The van der Waals surface area contributed by atoms with Gasteiger partial charge in [0.15, 0.2) is 0 Å². The van der Waals surface area contributed by atoms with Crippen molar-refractivity contribution in [3.05, 3.63) is 0 Å². The molecular formula is C18H36N2O. The van der Waals surface area contributed by atoms with E-state index in [4.69, 9.17) is 5.73 Å². The third-order valence-corrected chi connectivity index (χ3v) is 4.69. The van der Waals surface area contributed by atoms with Gasteiger partial charge in [-0.25, -0.2) is 0 Å². The molecule has 1 amide bonds. The quantitative estimate of drug-likeness (QED) is 0.703. The number of hydrogen-bond acceptors (Lipinski definition) is 2. The monoisotopic (exact) mass is 296 g/mol. The van der Waals surface area contributed by atoms with Gasteiger partial charge in [-0.3, -0.25) is 4.79 Å². The van der Waals surface area contributed by atoms with E-state index < -0.39 is 0 Å². The number of carbonyl (C=O) groups is 1. The number of carbonyl (C=O) groups excluding carboxylic acids is 1. The summed E-state index contributed by atoms with van der Waals surface area (Å²) < 4.78 is 0. The van der Waals surface area contributed by atoms with Gasteiger partial charge in [0.05, 0.1) is 0 Å². The van der Waals surface area contributed by atoms with Crippen LogP contribution in [-0.2, 0) is 4.79 Å². The summed E-state index contributed by atoms with van der Waals surface area (Å²) in [4.78, 5) is 14.8. The number of nitrogens with zero attached hydrogens (tertiary/aromatic N) is 1. The molecular weight excluding hydrogens is 260 g/mol. The maximum absolute atomic E-state index is 12.7. The fraction of sp³-hybridized carbons (Fsp3) is 0.944. The topological polar surface area (TPSA) is 46.3 Å². The van der Waals surface area contributed by atoms with Gasteiger partial charge < -0.3 is 10.6 Å². The second kappa shape index (κ2) is 10.2. The second-order valence-corrected chi connectivity index (χ2v) is 7.18. The molecule has 0 atom stereocenters. The normalized spacial score (nSPS) is 22.5. The van der Waals surface area contributed by atoms with E-state index in [1.54, 1.807) is 0 Å². The lowest BCUT2D eigenvalue weighted by Gasteiger charge is -2.33. The zero-order valence-electron chi connectivity index (χ0n) is 14.4. The predicted molar refractivity (Wildman–Crippen MR) is 90.1 cm³/mol. The maximum atomic E-state index is 12.7. The minimum Gasteiger partial charge on any atom is -0.342 e. The Bertz CT molecular complexity index is 283. The van der Waals surface area contributed by atoms with Gasteiger partial charge in [0.2, 0.25) is 5.91 Å². The van der Waals surface area contributed by atoms with Crippen molar-refractivity contribution >= 4 is 5.91 Å². The molecule has 2 N–H and O–H groups in total. The summed E-state index contributed by atoms with van der Waals surface area (Å²) in [6, 6.07) is 0. The van der Waals surface area contributed by atoms with Crippen LogP contribution in [-0.4, -0.2) is 30.4 Å². The van der Waals surface area contributed by atoms with Crippen molar-refractivity contribution in [2.45, 2.75) is 72.1 Å². The first-order valence-corrected chi connectivity index (χ1v) is 9.07. The molecule has 0 bridgehead atoms. The van der Waals surface area contributed by atoms with Crippen LogP contribution in [0.1, 0.15) is 72.1 Å². The van der Waals surface area contributed by atoms with Crippen LogP contribution in [0.15, 0.2) is 0 Å². The fourth-order valence-electron chi connectivity index (χ4n) is 3.46. The second-order valence-electron chi connectivity index (χ2n) is 7.18. The highest BCUT2D eigenvalue weighted by Gasteiger charge is 2.29. The summed E-state index contributed by atoms with van der Waals surface area (Å²) in [5.74, 6) is 2.08. The van der Waals surface area contributed by atoms with E-state index in [0.29, 0.717) is 18.4 Å². The largest absolute Gasteiger partial charge is 0.342 e. The van der Waals surface area contributed by atoms with Gasteiger partial charge in [0.25, 0.3) is 0 Å². The number of amides is 1. The summed E-state index contributed by atoms with van der Waals surface area (Å²) in [6.45, 7) is 9.02. The molecule has 0 aromatic rings. The van der Waals surface area contributed by atoms with Crippen LogP contribution in [0.2, 0.25) is 0 Å². The molecule has 0 saturated heterocycles. The number of unbranched alkanes of at least 4 members (excludes halogenated alkanes) is 1. The van der Waals surface area contributed by atoms with Gasteiger partial charge in [-0.05, 0) is 50.5 Å². The molecule has 124 valence electrons. The van der Waals surface area contributed by atoms with Crippen LogP contribution < -0.4 is 5.73 Å². The highest BCUT2D eigenvalue weighted by atomic mass is 16.2. The lowest BCUT2D eigenvalue weighted by atomic mass is 9.79. The first kappa shape index (κ1) is 18.5. The highest BCUT2D eigenvalue weighted by Crippen LogP contribution is 2.33. The smallest absolute Gasteiger partial charge is 0.225 e. The van der Waals surface area contributed by atoms with Gasteiger partial charge >= 0.3 is 0 Å². The number of rotatable bonds is 9. The number of nitrogens with two attached hydrogens (primary N) is 1. The van der Waals surface area contributed by atoms with E-state index in [-0.39, 0.29) is 5.92 Å². The molecule has 0 unspecified atom stereocenters. The van der Waals surface area contributed by atoms with Gasteiger partial charge in [0, 0.05) is 19.0 Å². The third kappa shape index (κ3) is 6.82. The molecule has 3 heteroatoms. The Kier molecular flexibility index (Phi) is 8.98. The Morgan fingerprint density at radius 2 is 1.86 bits per heavy atom. The van der Waals surface area contributed by atoms with Crippen molar-refractivity contribution in [1.82, 2.24) is 4.90 Å². The molecule has 0 heterocycles. The van der Waals surface area contributed by atoms with E-state index in [2.05, 4.69) is 25.7 Å². The van der Waals surface area contributed by atoms with Crippen molar-refractivity contribution in [2.24, 2.45) is 23.5 Å². The summed E-state index contributed by atoms with van der Waals surface area (Å²) in [5.41, 5.74) is 5.61. The van der Waals surface area contributed by atoms with Crippen molar-refractivity contribution in [3.63, 3.8) is 0 Å². The van der Waals surface area contributed by atoms with E-state index in [1.165, 1.54) is 32.1 Å². The molecule has 1 rings (SSSR count). The van der Waals surface area contributed by atoms with Crippen LogP contribution >= 0.6 is 0 Å². The summed E-state index contributed by atoms with van der Waals surface area (Å²) in [7, 11) is 0. The molecule has 0 radical (unpaired) electrons. The minimum absolute atomic E-state index is 0.277. The van der Waals surface area contributed by atoms with E-state index in [1.807, 2.05) is 0 Å². The first-order valence-electron chi connectivity index (χ1n) is 9.07. The average Bonchev–Trinajstić information content (AvgIpc) is 2.49. The average molecular weight is 296 g/mol. The predicted octanol–water partition coefficient (Wildman–Crippen LogP) is 3.82. The van der Waals surface area contributed by atoms with E-state index >= 15 is 0 Å². The summed E-state index contributed by atoms with van der Waals surface area (Å²) in [6.07, 6.45) is 9.63.